The monoisotopic (exact) mass is 286 g/mol. The Labute approximate surface area is 124 Å². The van der Waals surface area contributed by atoms with Crippen molar-refractivity contribution in [3.8, 4) is 17.2 Å². The van der Waals surface area contributed by atoms with Crippen LogP contribution in [0, 0.1) is 13.8 Å². The Morgan fingerprint density at radius 3 is 2.10 bits per heavy atom. The van der Waals surface area contributed by atoms with Crippen LogP contribution in [0.15, 0.2) is 36.4 Å². The maximum atomic E-state index is 12.2. The van der Waals surface area contributed by atoms with Crippen molar-refractivity contribution in [1.29, 1.82) is 0 Å². The SMILES string of the molecule is COc1cc(C(=O)Oc2cccc(C)c2)cc(OC)c1C. The minimum atomic E-state index is -0.447. The fraction of sp³-hybridized carbons (Fsp3) is 0.235. The highest BCUT2D eigenvalue weighted by Crippen LogP contribution is 2.30. The van der Waals surface area contributed by atoms with E-state index in [0.29, 0.717) is 22.8 Å². The van der Waals surface area contributed by atoms with Crippen LogP contribution in [0.25, 0.3) is 0 Å². The highest BCUT2D eigenvalue weighted by atomic mass is 16.5. The second-order valence-electron chi connectivity index (χ2n) is 4.71. The average Bonchev–Trinajstić information content (AvgIpc) is 2.47. The summed E-state index contributed by atoms with van der Waals surface area (Å²) in [6.45, 7) is 3.81. The number of ether oxygens (including phenoxy) is 3. The van der Waals surface area contributed by atoms with E-state index in [1.807, 2.05) is 26.0 Å². The summed E-state index contributed by atoms with van der Waals surface area (Å²) in [5, 5.41) is 0. The van der Waals surface area contributed by atoms with Gasteiger partial charge in [-0.15, -0.1) is 0 Å². The molecule has 4 nitrogen and oxygen atoms in total. The smallest absolute Gasteiger partial charge is 0.343 e. The molecule has 0 aromatic heterocycles. The number of benzene rings is 2. The molecule has 0 amide bonds. The number of rotatable bonds is 4. The van der Waals surface area contributed by atoms with Crippen molar-refractivity contribution < 1.29 is 19.0 Å². The Balaban J connectivity index is 2.31. The van der Waals surface area contributed by atoms with Crippen LogP contribution in [0.1, 0.15) is 21.5 Å². The van der Waals surface area contributed by atoms with Gasteiger partial charge in [0.05, 0.1) is 19.8 Å². The van der Waals surface area contributed by atoms with Gasteiger partial charge >= 0.3 is 5.97 Å². The van der Waals surface area contributed by atoms with Crippen LogP contribution in [-0.4, -0.2) is 20.2 Å². The molecule has 2 rings (SSSR count). The van der Waals surface area contributed by atoms with Crippen LogP contribution in [0.5, 0.6) is 17.2 Å². The van der Waals surface area contributed by atoms with Gasteiger partial charge in [0, 0.05) is 5.56 Å². The molecule has 0 saturated carbocycles. The van der Waals surface area contributed by atoms with E-state index >= 15 is 0 Å². The fourth-order valence-electron chi connectivity index (χ4n) is 2.05. The quantitative estimate of drug-likeness (QED) is 0.637. The molecule has 0 aliphatic carbocycles. The third-order valence-electron chi connectivity index (χ3n) is 3.19. The third-order valence-corrected chi connectivity index (χ3v) is 3.19. The Morgan fingerprint density at radius 2 is 1.57 bits per heavy atom. The summed E-state index contributed by atoms with van der Waals surface area (Å²) in [5.74, 6) is 1.24. The van der Waals surface area contributed by atoms with Crippen LogP contribution in [0.3, 0.4) is 0 Å². The molecule has 0 bridgehead atoms. The first-order chi connectivity index (χ1) is 10.0. The lowest BCUT2D eigenvalue weighted by Gasteiger charge is -2.12. The predicted octanol–water partition coefficient (Wildman–Crippen LogP) is 3.54. The first-order valence-electron chi connectivity index (χ1n) is 6.56. The van der Waals surface area contributed by atoms with E-state index in [1.165, 1.54) is 0 Å². The van der Waals surface area contributed by atoms with Crippen LogP contribution < -0.4 is 14.2 Å². The summed E-state index contributed by atoms with van der Waals surface area (Å²) in [7, 11) is 3.11. The lowest BCUT2D eigenvalue weighted by Crippen LogP contribution is -2.09. The first-order valence-corrected chi connectivity index (χ1v) is 6.56. The molecule has 0 atom stereocenters. The van der Waals surface area contributed by atoms with Crippen molar-refractivity contribution in [2.75, 3.05) is 14.2 Å². The highest BCUT2D eigenvalue weighted by Gasteiger charge is 2.15. The highest BCUT2D eigenvalue weighted by molar-refractivity contribution is 5.92. The zero-order valence-electron chi connectivity index (χ0n) is 12.6. The van der Waals surface area contributed by atoms with Crippen molar-refractivity contribution in [2.24, 2.45) is 0 Å². The van der Waals surface area contributed by atoms with E-state index in [-0.39, 0.29) is 0 Å². The third kappa shape index (κ3) is 3.34. The number of carbonyl (C=O) groups excluding carboxylic acids is 1. The van der Waals surface area contributed by atoms with Gasteiger partial charge in [0.1, 0.15) is 17.2 Å². The summed E-state index contributed by atoms with van der Waals surface area (Å²) < 4.78 is 15.9. The molecule has 0 aliphatic heterocycles. The molecule has 4 heteroatoms. The molecule has 0 heterocycles. The predicted molar refractivity (Wildman–Crippen MR) is 80.4 cm³/mol. The molecule has 110 valence electrons. The minimum Gasteiger partial charge on any atom is -0.496 e. The maximum absolute atomic E-state index is 12.2. The van der Waals surface area contributed by atoms with Crippen molar-refractivity contribution in [1.82, 2.24) is 0 Å². The number of hydrogen-bond acceptors (Lipinski definition) is 4. The number of esters is 1. The summed E-state index contributed by atoms with van der Waals surface area (Å²) in [4.78, 5) is 12.2. The van der Waals surface area contributed by atoms with Gasteiger partial charge in [-0.05, 0) is 43.7 Å². The van der Waals surface area contributed by atoms with E-state index in [4.69, 9.17) is 14.2 Å². The Kier molecular flexibility index (Phi) is 4.48. The maximum Gasteiger partial charge on any atom is 0.343 e. The molecule has 0 saturated heterocycles. The van der Waals surface area contributed by atoms with Crippen LogP contribution in [-0.2, 0) is 0 Å². The van der Waals surface area contributed by atoms with E-state index in [2.05, 4.69) is 0 Å². The zero-order chi connectivity index (χ0) is 15.4. The average molecular weight is 286 g/mol. The molecule has 0 radical (unpaired) electrons. The van der Waals surface area contributed by atoms with Gasteiger partial charge in [0.25, 0.3) is 0 Å². The van der Waals surface area contributed by atoms with E-state index in [1.54, 1.807) is 38.5 Å². The van der Waals surface area contributed by atoms with E-state index < -0.39 is 5.97 Å². The van der Waals surface area contributed by atoms with Gasteiger partial charge in [0.2, 0.25) is 0 Å². The van der Waals surface area contributed by atoms with Crippen LogP contribution in [0.4, 0.5) is 0 Å². The fourth-order valence-corrected chi connectivity index (χ4v) is 2.05. The Bertz CT molecular complexity index is 637. The lowest BCUT2D eigenvalue weighted by molar-refractivity contribution is 0.0734. The molecule has 0 N–H and O–H groups in total. The Hall–Kier alpha value is -2.49. The second-order valence-corrected chi connectivity index (χ2v) is 4.71. The molecule has 2 aromatic rings. The molecule has 0 spiro atoms. The molecule has 2 aromatic carbocycles. The number of carbonyl (C=O) groups is 1. The molecule has 0 fully saturated rings. The van der Waals surface area contributed by atoms with Crippen molar-refractivity contribution >= 4 is 5.97 Å². The van der Waals surface area contributed by atoms with Crippen molar-refractivity contribution in [2.45, 2.75) is 13.8 Å². The number of methoxy groups -OCH3 is 2. The van der Waals surface area contributed by atoms with Crippen LogP contribution >= 0.6 is 0 Å². The van der Waals surface area contributed by atoms with Crippen LogP contribution in [0.2, 0.25) is 0 Å². The van der Waals surface area contributed by atoms with Gasteiger partial charge in [-0.2, -0.15) is 0 Å². The number of hydrogen-bond donors (Lipinski definition) is 0. The van der Waals surface area contributed by atoms with Gasteiger partial charge in [-0.1, -0.05) is 12.1 Å². The molecule has 0 unspecified atom stereocenters. The van der Waals surface area contributed by atoms with Gasteiger partial charge in [-0.25, -0.2) is 4.79 Å². The van der Waals surface area contributed by atoms with Gasteiger partial charge < -0.3 is 14.2 Å². The summed E-state index contributed by atoms with van der Waals surface area (Å²) in [5.41, 5.74) is 2.25. The van der Waals surface area contributed by atoms with Gasteiger partial charge in [-0.3, -0.25) is 0 Å². The summed E-state index contributed by atoms with van der Waals surface area (Å²) >= 11 is 0. The van der Waals surface area contributed by atoms with E-state index in [0.717, 1.165) is 11.1 Å². The zero-order valence-corrected chi connectivity index (χ0v) is 12.6. The Morgan fingerprint density at radius 1 is 0.952 bits per heavy atom. The van der Waals surface area contributed by atoms with E-state index in [9.17, 15) is 4.79 Å². The van der Waals surface area contributed by atoms with Gasteiger partial charge in [0.15, 0.2) is 0 Å². The van der Waals surface area contributed by atoms with Crippen molar-refractivity contribution in [3.63, 3.8) is 0 Å². The first kappa shape index (κ1) is 14.9. The number of aryl methyl sites for hydroxylation is 1. The molecule has 21 heavy (non-hydrogen) atoms. The molecular formula is C17H18O4. The standard InChI is InChI=1S/C17H18O4/c1-11-6-5-7-14(8-11)21-17(18)13-9-15(19-3)12(2)16(10-13)20-4/h5-10H,1-4H3. The molecular weight excluding hydrogens is 268 g/mol. The topological polar surface area (TPSA) is 44.8 Å². The second kappa shape index (κ2) is 6.31. The lowest BCUT2D eigenvalue weighted by atomic mass is 10.1. The molecule has 0 aliphatic rings. The largest absolute Gasteiger partial charge is 0.496 e. The minimum absolute atomic E-state index is 0.385. The summed E-state index contributed by atoms with van der Waals surface area (Å²) in [6, 6.07) is 10.6. The normalized spacial score (nSPS) is 10.1. The summed E-state index contributed by atoms with van der Waals surface area (Å²) in [6.07, 6.45) is 0. The van der Waals surface area contributed by atoms with Crippen molar-refractivity contribution in [3.05, 3.63) is 53.1 Å².